The second kappa shape index (κ2) is 6.84. The minimum atomic E-state index is -1.44. The average molecular weight is 320 g/mol. The molecule has 8 nitrogen and oxygen atoms in total. The first-order chi connectivity index (χ1) is 10.9. The van der Waals surface area contributed by atoms with Gasteiger partial charge in [-0.25, -0.2) is 4.79 Å². The molecular weight excluding hydrogens is 300 g/mol. The Labute approximate surface area is 133 Å². The molecule has 1 aromatic carbocycles. The van der Waals surface area contributed by atoms with Gasteiger partial charge in [-0.05, 0) is 37.6 Å². The summed E-state index contributed by atoms with van der Waals surface area (Å²) in [5.74, 6) is -0.818. The number of nitrogens with zero attached hydrogens (tertiary/aromatic N) is 1. The first-order valence-corrected chi connectivity index (χ1v) is 7.31. The molecule has 0 amide bonds. The van der Waals surface area contributed by atoms with Crippen molar-refractivity contribution in [2.45, 2.75) is 25.5 Å². The number of ether oxygens (including phenoxy) is 1. The minimum absolute atomic E-state index is 0.0272. The largest absolute Gasteiger partial charge is 0.459 e. The van der Waals surface area contributed by atoms with Crippen LogP contribution < -0.4 is 11.1 Å². The lowest BCUT2D eigenvalue weighted by Crippen LogP contribution is -2.60. The topological polar surface area (TPSA) is 131 Å². The van der Waals surface area contributed by atoms with E-state index in [1.165, 1.54) is 31.2 Å². The van der Waals surface area contributed by atoms with Gasteiger partial charge in [0.05, 0.1) is 4.92 Å². The Balaban J connectivity index is 2.04. The third-order valence-corrected chi connectivity index (χ3v) is 4.18. The first kappa shape index (κ1) is 17.0. The zero-order valence-corrected chi connectivity index (χ0v) is 12.9. The molecule has 2 rings (SSSR count). The molecule has 0 bridgehead atoms. The van der Waals surface area contributed by atoms with Crippen molar-refractivity contribution in [3.63, 3.8) is 0 Å². The Kier molecular flexibility index (Phi) is 5.07. The summed E-state index contributed by atoms with van der Waals surface area (Å²) in [6, 6.07) is 5.75. The van der Waals surface area contributed by atoms with E-state index in [2.05, 4.69) is 5.32 Å². The summed E-state index contributed by atoms with van der Waals surface area (Å²) in [5, 5.41) is 21.6. The number of nitro benzene ring substituents is 1. The molecule has 1 unspecified atom stereocenters. The molecule has 23 heavy (non-hydrogen) atoms. The molecule has 1 aliphatic rings. The van der Waals surface area contributed by atoms with Crippen LogP contribution in [0, 0.1) is 21.4 Å². The number of hydrogen-bond donors (Lipinski definition) is 3. The van der Waals surface area contributed by atoms with E-state index < -0.39 is 16.4 Å². The van der Waals surface area contributed by atoms with Gasteiger partial charge in [-0.15, -0.1) is 0 Å². The predicted molar refractivity (Wildman–Crippen MR) is 84.2 cm³/mol. The second-order valence-corrected chi connectivity index (χ2v) is 5.68. The van der Waals surface area contributed by atoms with Crippen LogP contribution in [-0.4, -0.2) is 35.2 Å². The molecule has 0 spiro atoms. The summed E-state index contributed by atoms with van der Waals surface area (Å²) in [6.07, 6.45) is 0.708. The number of carbonyl (C=O) groups excluding carboxylic acids is 1. The first-order valence-electron chi connectivity index (χ1n) is 7.31. The Bertz CT molecular complexity index is 610. The van der Waals surface area contributed by atoms with Crippen LogP contribution in [-0.2, 0) is 16.1 Å². The zero-order chi connectivity index (χ0) is 17.0. The van der Waals surface area contributed by atoms with Crippen molar-refractivity contribution < 1.29 is 14.5 Å². The van der Waals surface area contributed by atoms with Crippen LogP contribution in [0.1, 0.15) is 18.9 Å². The fraction of sp³-hybridized carbons (Fsp3) is 0.467. The molecule has 1 heterocycles. The number of carbonyl (C=O) groups is 1. The van der Waals surface area contributed by atoms with E-state index in [1.807, 2.05) is 0 Å². The molecule has 0 radical (unpaired) electrons. The second-order valence-electron chi connectivity index (χ2n) is 5.68. The molecule has 1 aliphatic heterocycles. The molecule has 124 valence electrons. The summed E-state index contributed by atoms with van der Waals surface area (Å²) < 4.78 is 5.26. The van der Waals surface area contributed by atoms with Gasteiger partial charge in [0.1, 0.15) is 6.61 Å². The number of nitrogens with one attached hydrogen (secondary N) is 2. The van der Waals surface area contributed by atoms with Gasteiger partial charge in [0, 0.05) is 30.3 Å². The van der Waals surface area contributed by atoms with Crippen LogP contribution in [0.2, 0.25) is 0 Å². The van der Waals surface area contributed by atoms with Gasteiger partial charge in [0.25, 0.3) is 5.69 Å². The normalized spacial score (nSPS) is 19.8. The van der Waals surface area contributed by atoms with Crippen LogP contribution in [0.5, 0.6) is 0 Å². The zero-order valence-electron chi connectivity index (χ0n) is 12.9. The van der Waals surface area contributed by atoms with Crippen molar-refractivity contribution in [3.05, 3.63) is 39.9 Å². The number of nitrogens with two attached hydrogens (primary N) is 1. The third kappa shape index (κ3) is 3.54. The maximum Gasteiger partial charge on any atom is 0.332 e. The summed E-state index contributed by atoms with van der Waals surface area (Å²) in [7, 11) is 0. The lowest BCUT2D eigenvalue weighted by molar-refractivity contribution is -0.384. The molecule has 2 atom stereocenters. The van der Waals surface area contributed by atoms with Crippen LogP contribution in [0.4, 0.5) is 5.69 Å². The molecule has 1 aromatic rings. The highest BCUT2D eigenvalue weighted by Crippen LogP contribution is 2.25. The molecule has 0 aliphatic carbocycles. The average Bonchev–Trinajstić information content (AvgIpc) is 3.06. The van der Waals surface area contributed by atoms with Crippen molar-refractivity contribution >= 4 is 17.4 Å². The van der Waals surface area contributed by atoms with E-state index in [0.717, 1.165) is 6.54 Å². The van der Waals surface area contributed by atoms with Crippen molar-refractivity contribution in [2.24, 2.45) is 11.7 Å². The van der Waals surface area contributed by atoms with Crippen LogP contribution >= 0.6 is 0 Å². The SMILES string of the molecule is CC(=N)C(N)(C(=O)OCc1ccc([N+](=O)[O-])cc1)[C@H]1CCNC1. The summed E-state index contributed by atoms with van der Waals surface area (Å²) in [5.41, 5.74) is 5.41. The van der Waals surface area contributed by atoms with E-state index in [9.17, 15) is 14.9 Å². The molecule has 1 fully saturated rings. The Morgan fingerprint density at radius 2 is 2.17 bits per heavy atom. The fourth-order valence-electron chi connectivity index (χ4n) is 2.65. The van der Waals surface area contributed by atoms with E-state index in [1.54, 1.807) is 0 Å². The van der Waals surface area contributed by atoms with Gasteiger partial charge in [-0.3, -0.25) is 10.1 Å². The number of benzene rings is 1. The van der Waals surface area contributed by atoms with Crippen molar-refractivity contribution in [1.82, 2.24) is 5.32 Å². The van der Waals surface area contributed by atoms with Crippen LogP contribution in [0.25, 0.3) is 0 Å². The molecular formula is C15H20N4O4. The molecule has 0 saturated carbocycles. The molecule has 1 saturated heterocycles. The predicted octanol–water partition coefficient (Wildman–Crippen LogP) is 0.985. The van der Waals surface area contributed by atoms with Gasteiger partial charge in [0.2, 0.25) is 0 Å². The number of nitro groups is 1. The van der Waals surface area contributed by atoms with E-state index in [-0.39, 0.29) is 23.9 Å². The lowest BCUT2D eigenvalue weighted by atomic mass is 9.80. The highest BCUT2D eigenvalue weighted by Gasteiger charge is 2.46. The summed E-state index contributed by atoms with van der Waals surface area (Å²) in [6.45, 7) is 2.79. The van der Waals surface area contributed by atoms with Gasteiger partial charge in [-0.2, -0.15) is 0 Å². The number of non-ortho nitro benzene ring substituents is 1. The van der Waals surface area contributed by atoms with Crippen molar-refractivity contribution in [1.29, 1.82) is 5.41 Å². The van der Waals surface area contributed by atoms with E-state index in [4.69, 9.17) is 15.9 Å². The maximum atomic E-state index is 12.4. The van der Waals surface area contributed by atoms with Gasteiger partial charge >= 0.3 is 5.97 Å². The van der Waals surface area contributed by atoms with Gasteiger partial charge < -0.3 is 21.2 Å². The maximum absolute atomic E-state index is 12.4. The number of rotatable bonds is 6. The fourth-order valence-corrected chi connectivity index (χ4v) is 2.65. The van der Waals surface area contributed by atoms with Gasteiger partial charge in [0.15, 0.2) is 5.54 Å². The quantitative estimate of drug-likeness (QED) is 0.310. The number of esters is 1. The highest BCUT2D eigenvalue weighted by molar-refractivity contribution is 6.09. The Hall–Kier alpha value is -2.32. The van der Waals surface area contributed by atoms with E-state index >= 15 is 0 Å². The minimum Gasteiger partial charge on any atom is -0.459 e. The summed E-state index contributed by atoms with van der Waals surface area (Å²) >= 11 is 0. The monoisotopic (exact) mass is 320 g/mol. The van der Waals surface area contributed by atoms with Crippen LogP contribution in [0.3, 0.4) is 0 Å². The summed E-state index contributed by atoms with van der Waals surface area (Å²) in [4.78, 5) is 22.5. The van der Waals surface area contributed by atoms with E-state index in [0.29, 0.717) is 18.5 Å². The molecule has 8 heteroatoms. The highest BCUT2D eigenvalue weighted by atomic mass is 16.6. The Morgan fingerprint density at radius 3 is 2.65 bits per heavy atom. The van der Waals surface area contributed by atoms with Crippen LogP contribution in [0.15, 0.2) is 24.3 Å². The molecule has 4 N–H and O–H groups in total. The standard InChI is InChI=1S/C15H20N4O4/c1-10(16)15(17,12-6-7-18-8-12)14(20)23-9-11-2-4-13(5-3-11)19(21)22/h2-5,12,16,18H,6-9,17H2,1H3/t12-,15?/m0/s1. The van der Waals surface area contributed by atoms with Crippen molar-refractivity contribution in [3.8, 4) is 0 Å². The Morgan fingerprint density at radius 1 is 1.52 bits per heavy atom. The number of hydrogen-bond acceptors (Lipinski definition) is 7. The van der Waals surface area contributed by atoms with Gasteiger partial charge in [-0.1, -0.05) is 0 Å². The smallest absolute Gasteiger partial charge is 0.332 e. The third-order valence-electron chi connectivity index (χ3n) is 4.18. The molecule has 0 aromatic heterocycles. The lowest BCUT2D eigenvalue weighted by Gasteiger charge is -2.31. The van der Waals surface area contributed by atoms with Crippen molar-refractivity contribution in [2.75, 3.05) is 13.1 Å².